The molecule has 3 nitrogen and oxygen atoms in total. The minimum atomic E-state index is 0.629. The monoisotopic (exact) mass is 247 g/mol. The van der Waals surface area contributed by atoms with Crippen molar-refractivity contribution in [1.82, 2.24) is 9.80 Å². The quantitative estimate of drug-likeness (QED) is 0.878. The molecular weight excluding hydrogens is 222 g/mol. The zero-order valence-electron chi connectivity index (χ0n) is 11.6. The number of hydrogen-bond donors (Lipinski definition) is 1. The van der Waals surface area contributed by atoms with Gasteiger partial charge in [-0.05, 0) is 44.6 Å². The van der Waals surface area contributed by atoms with Gasteiger partial charge in [-0.1, -0.05) is 24.3 Å². The Kier molecular flexibility index (Phi) is 4.75. The summed E-state index contributed by atoms with van der Waals surface area (Å²) in [6, 6.07) is 9.36. The highest BCUT2D eigenvalue weighted by atomic mass is 15.2. The van der Waals surface area contributed by atoms with E-state index in [9.17, 15) is 0 Å². The van der Waals surface area contributed by atoms with Crippen molar-refractivity contribution in [2.24, 2.45) is 5.73 Å². The lowest BCUT2D eigenvalue weighted by Gasteiger charge is -2.35. The molecule has 1 heterocycles. The summed E-state index contributed by atoms with van der Waals surface area (Å²) in [7, 11) is 4.46. The molecule has 0 aliphatic carbocycles. The first-order valence-electron chi connectivity index (χ1n) is 6.85. The predicted molar refractivity (Wildman–Crippen MR) is 76.3 cm³/mol. The van der Waals surface area contributed by atoms with E-state index in [4.69, 9.17) is 5.73 Å². The largest absolute Gasteiger partial charge is 0.326 e. The second-order valence-electron chi connectivity index (χ2n) is 5.49. The topological polar surface area (TPSA) is 32.5 Å². The summed E-state index contributed by atoms with van der Waals surface area (Å²) in [6.07, 6.45) is 2.64. The van der Waals surface area contributed by atoms with Gasteiger partial charge in [0, 0.05) is 25.7 Å². The van der Waals surface area contributed by atoms with E-state index in [0.29, 0.717) is 12.6 Å². The lowest BCUT2D eigenvalue weighted by Crippen LogP contribution is -2.44. The van der Waals surface area contributed by atoms with E-state index in [0.717, 1.165) is 6.54 Å². The standard InChI is InChI=1S/C15H25N3/c1-17-9-3-4-15(12-17)18(2)11-14-7-5-13(10-16)6-8-14/h5-8,15H,3-4,9-12,16H2,1-2H3. The molecule has 0 radical (unpaired) electrons. The normalized spacial score (nSPS) is 21.4. The van der Waals surface area contributed by atoms with Crippen molar-refractivity contribution in [3.8, 4) is 0 Å². The van der Waals surface area contributed by atoms with Gasteiger partial charge in [-0.2, -0.15) is 0 Å². The molecule has 0 amide bonds. The molecule has 1 aromatic carbocycles. The van der Waals surface area contributed by atoms with Crippen LogP contribution in [0, 0.1) is 0 Å². The number of nitrogens with two attached hydrogens (primary N) is 1. The third kappa shape index (κ3) is 3.55. The van der Waals surface area contributed by atoms with E-state index in [1.54, 1.807) is 0 Å². The van der Waals surface area contributed by atoms with Crippen molar-refractivity contribution in [2.45, 2.75) is 32.0 Å². The van der Waals surface area contributed by atoms with E-state index < -0.39 is 0 Å². The van der Waals surface area contributed by atoms with Crippen LogP contribution in [0.4, 0.5) is 0 Å². The molecule has 0 bridgehead atoms. The van der Waals surface area contributed by atoms with E-state index in [-0.39, 0.29) is 0 Å². The van der Waals surface area contributed by atoms with Crippen LogP contribution in [0.3, 0.4) is 0 Å². The molecule has 0 aromatic heterocycles. The summed E-state index contributed by atoms with van der Waals surface area (Å²) < 4.78 is 0. The van der Waals surface area contributed by atoms with Gasteiger partial charge in [0.25, 0.3) is 0 Å². The summed E-state index contributed by atoms with van der Waals surface area (Å²) in [6.45, 7) is 4.10. The molecule has 100 valence electrons. The van der Waals surface area contributed by atoms with Gasteiger partial charge < -0.3 is 10.6 Å². The highest BCUT2D eigenvalue weighted by Crippen LogP contribution is 2.16. The Balaban J connectivity index is 1.91. The molecule has 1 aliphatic heterocycles. The van der Waals surface area contributed by atoms with Crippen LogP contribution in [-0.2, 0) is 13.1 Å². The summed E-state index contributed by atoms with van der Waals surface area (Å²) >= 11 is 0. The van der Waals surface area contributed by atoms with Gasteiger partial charge >= 0.3 is 0 Å². The maximum atomic E-state index is 5.62. The van der Waals surface area contributed by atoms with Crippen LogP contribution >= 0.6 is 0 Å². The average Bonchev–Trinajstić information content (AvgIpc) is 2.39. The highest BCUT2D eigenvalue weighted by Gasteiger charge is 2.20. The highest BCUT2D eigenvalue weighted by molar-refractivity contribution is 5.22. The molecule has 1 aliphatic rings. The van der Waals surface area contributed by atoms with Crippen LogP contribution in [0.15, 0.2) is 24.3 Å². The number of hydrogen-bond acceptors (Lipinski definition) is 3. The summed E-state index contributed by atoms with van der Waals surface area (Å²) in [5.41, 5.74) is 8.20. The van der Waals surface area contributed by atoms with Crippen molar-refractivity contribution in [3.63, 3.8) is 0 Å². The van der Waals surface area contributed by atoms with Crippen LogP contribution in [0.2, 0.25) is 0 Å². The summed E-state index contributed by atoms with van der Waals surface area (Å²) in [5.74, 6) is 0. The molecule has 0 spiro atoms. The molecule has 2 rings (SSSR count). The zero-order chi connectivity index (χ0) is 13.0. The maximum Gasteiger partial charge on any atom is 0.0234 e. The zero-order valence-corrected chi connectivity index (χ0v) is 11.6. The first-order chi connectivity index (χ1) is 8.69. The minimum Gasteiger partial charge on any atom is -0.326 e. The van der Waals surface area contributed by atoms with E-state index in [1.807, 2.05) is 0 Å². The van der Waals surface area contributed by atoms with Crippen LogP contribution in [0.5, 0.6) is 0 Å². The molecule has 2 N–H and O–H groups in total. The van der Waals surface area contributed by atoms with Crippen LogP contribution in [0.25, 0.3) is 0 Å². The van der Waals surface area contributed by atoms with Crippen LogP contribution < -0.4 is 5.73 Å². The Morgan fingerprint density at radius 3 is 2.56 bits per heavy atom. The van der Waals surface area contributed by atoms with Gasteiger partial charge in [0.05, 0.1) is 0 Å². The van der Waals surface area contributed by atoms with Crippen LogP contribution in [0.1, 0.15) is 24.0 Å². The number of nitrogens with zero attached hydrogens (tertiary/aromatic N) is 2. The smallest absolute Gasteiger partial charge is 0.0234 e. The summed E-state index contributed by atoms with van der Waals surface area (Å²) in [4.78, 5) is 4.91. The second kappa shape index (κ2) is 6.32. The number of likely N-dealkylation sites (N-methyl/N-ethyl adjacent to an activating group) is 2. The molecule has 1 fully saturated rings. The molecular formula is C15H25N3. The molecule has 1 unspecified atom stereocenters. The van der Waals surface area contributed by atoms with Gasteiger partial charge in [0.1, 0.15) is 0 Å². The summed E-state index contributed by atoms with van der Waals surface area (Å²) in [5, 5.41) is 0. The first-order valence-corrected chi connectivity index (χ1v) is 6.85. The van der Waals surface area contributed by atoms with Crippen molar-refractivity contribution in [3.05, 3.63) is 35.4 Å². The van der Waals surface area contributed by atoms with Crippen LogP contribution in [-0.4, -0.2) is 43.0 Å². The van der Waals surface area contributed by atoms with Crippen molar-refractivity contribution < 1.29 is 0 Å². The van der Waals surface area contributed by atoms with Crippen molar-refractivity contribution in [2.75, 3.05) is 27.2 Å². The predicted octanol–water partition coefficient (Wildman–Crippen LogP) is 1.67. The number of piperidine rings is 1. The lowest BCUT2D eigenvalue weighted by molar-refractivity contribution is 0.129. The Labute approximate surface area is 111 Å². The molecule has 1 atom stereocenters. The molecule has 1 aromatic rings. The maximum absolute atomic E-state index is 5.62. The number of likely N-dealkylation sites (tertiary alicyclic amines) is 1. The Morgan fingerprint density at radius 1 is 1.28 bits per heavy atom. The van der Waals surface area contributed by atoms with Gasteiger partial charge in [-0.25, -0.2) is 0 Å². The minimum absolute atomic E-state index is 0.629. The van der Waals surface area contributed by atoms with Crippen molar-refractivity contribution >= 4 is 0 Å². The fraction of sp³-hybridized carbons (Fsp3) is 0.600. The fourth-order valence-electron chi connectivity index (χ4n) is 2.70. The van der Waals surface area contributed by atoms with E-state index >= 15 is 0 Å². The fourth-order valence-corrected chi connectivity index (χ4v) is 2.70. The third-order valence-electron chi connectivity index (χ3n) is 3.91. The lowest BCUT2D eigenvalue weighted by atomic mass is 10.0. The van der Waals surface area contributed by atoms with E-state index in [2.05, 4.69) is 48.2 Å². The Bertz CT molecular complexity index is 361. The van der Waals surface area contributed by atoms with E-state index in [1.165, 1.54) is 37.1 Å². The van der Waals surface area contributed by atoms with Crippen molar-refractivity contribution in [1.29, 1.82) is 0 Å². The van der Waals surface area contributed by atoms with Gasteiger partial charge in [0.2, 0.25) is 0 Å². The first kappa shape index (κ1) is 13.5. The molecule has 3 heteroatoms. The Hall–Kier alpha value is -0.900. The SMILES string of the molecule is CN1CCCC(N(C)Cc2ccc(CN)cc2)C1. The number of rotatable bonds is 4. The molecule has 18 heavy (non-hydrogen) atoms. The second-order valence-corrected chi connectivity index (χ2v) is 5.49. The van der Waals surface area contributed by atoms with Gasteiger partial charge in [-0.15, -0.1) is 0 Å². The Morgan fingerprint density at radius 2 is 1.94 bits per heavy atom. The van der Waals surface area contributed by atoms with Gasteiger partial charge in [0.15, 0.2) is 0 Å². The third-order valence-corrected chi connectivity index (χ3v) is 3.91. The molecule has 1 saturated heterocycles. The average molecular weight is 247 g/mol. The molecule has 0 saturated carbocycles. The van der Waals surface area contributed by atoms with Gasteiger partial charge in [-0.3, -0.25) is 4.90 Å². The number of benzene rings is 1.